The SMILES string of the molecule is Nc1ccc(OC2CN(C(c3ccccc3)c3ccccc3)C2)cc1. The minimum Gasteiger partial charge on any atom is -0.488 e. The van der Waals surface area contributed by atoms with Crippen molar-refractivity contribution in [1.82, 2.24) is 4.90 Å². The second-order valence-corrected chi connectivity index (χ2v) is 6.49. The van der Waals surface area contributed by atoms with E-state index in [1.165, 1.54) is 11.1 Å². The molecule has 3 nitrogen and oxygen atoms in total. The second-order valence-electron chi connectivity index (χ2n) is 6.49. The van der Waals surface area contributed by atoms with E-state index in [2.05, 4.69) is 65.6 Å². The smallest absolute Gasteiger partial charge is 0.124 e. The van der Waals surface area contributed by atoms with Crippen LogP contribution in [-0.4, -0.2) is 24.1 Å². The Morgan fingerprint density at radius 1 is 0.760 bits per heavy atom. The Morgan fingerprint density at radius 2 is 1.28 bits per heavy atom. The molecular weight excluding hydrogens is 308 g/mol. The van der Waals surface area contributed by atoms with E-state index < -0.39 is 0 Å². The minimum absolute atomic E-state index is 0.221. The van der Waals surface area contributed by atoms with Crippen molar-refractivity contribution in [3.8, 4) is 5.75 Å². The van der Waals surface area contributed by atoms with Crippen molar-refractivity contribution < 1.29 is 4.74 Å². The lowest BCUT2D eigenvalue weighted by Gasteiger charge is -2.44. The predicted octanol–water partition coefficient (Wildman–Crippen LogP) is 4.12. The molecule has 0 amide bonds. The van der Waals surface area contributed by atoms with Gasteiger partial charge in [0.05, 0.1) is 6.04 Å². The highest BCUT2D eigenvalue weighted by Gasteiger charge is 2.35. The number of nitrogens with two attached hydrogens (primary N) is 1. The Labute approximate surface area is 148 Å². The van der Waals surface area contributed by atoms with Gasteiger partial charge >= 0.3 is 0 Å². The number of anilines is 1. The molecule has 4 rings (SSSR count). The lowest BCUT2D eigenvalue weighted by molar-refractivity contribution is 0.000298. The highest BCUT2D eigenvalue weighted by molar-refractivity contribution is 5.41. The summed E-state index contributed by atoms with van der Waals surface area (Å²) in [5, 5.41) is 0. The van der Waals surface area contributed by atoms with Gasteiger partial charge in [-0.1, -0.05) is 60.7 Å². The molecule has 3 heteroatoms. The van der Waals surface area contributed by atoms with Crippen molar-refractivity contribution in [2.24, 2.45) is 0 Å². The maximum atomic E-state index is 6.06. The van der Waals surface area contributed by atoms with Gasteiger partial charge in [0, 0.05) is 18.8 Å². The van der Waals surface area contributed by atoms with Crippen LogP contribution < -0.4 is 10.5 Å². The first kappa shape index (κ1) is 15.7. The maximum absolute atomic E-state index is 6.06. The zero-order valence-corrected chi connectivity index (χ0v) is 14.1. The molecule has 1 fully saturated rings. The molecule has 0 aliphatic carbocycles. The number of nitrogen functional groups attached to an aromatic ring is 1. The zero-order chi connectivity index (χ0) is 17.1. The summed E-state index contributed by atoms with van der Waals surface area (Å²) >= 11 is 0. The van der Waals surface area contributed by atoms with Gasteiger partial charge in [-0.15, -0.1) is 0 Å². The Balaban J connectivity index is 1.48. The molecule has 3 aromatic carbocycles. The fraction of sp³-hybridized carbons (Fsp3) is 0.182. The standard InChI is InChI=1S/C22H22N2O/c23-19-11-13-20(14-12-19)25-21-15-24(16-21)22(17-7-3-1-4-8-17)18-9-5-2-6-10-18/h1-14,21-22H,15-16,23H2. The van der Waals surface area contributed by atoms with Crippen molar-refractivity contribution in [1.29, 1.82) is 0 Å². The van der Waals surface area contributed by atoms with E-state index in [1.807, 2.05) is 24.3 Å². The summed E-state index contributed by atoms with van der Waals surface area (Å²) in [5.74, 6) is 0.884. The Morgan fingerprint density at radius 3 is 1.80 bits per heavy atom. The molecule has 0 spiro atoms. The number of benzene rings is 3. The zero-order valence-electron chi connectivity index (χ0n) is 14.1. The molecule has 126 valence electrons. The summed E-state index contributed by atoms with van der Waals surface area (Å²) in [7, 11) is 0. The quantitative estimate of drug-likeness (QED) is 0.715. The fourth-order valence-electron chi connectivity index (χ4n) is 3.38. The molecule has 1 aliphatic rings. The van der Waals surface area contributed by atoms with Crippen LogP contribution in [0.15, 0.2) is 84.9 Å². The molecule has 0 unspecified atom stereocenters. The summed E-state index contributed by atoms with van der Waals surface area (Å²) in [5.41, 5.74) is 9.13. The van der Waals surface area contributed by atoms with Crippen LogP contribution in [0.1, 0.15) is 17.2 Å². The maximum Gasteiger partial charge on any atom is 0.124 e. The van der Waals surface area contributed by atoms with Crippen LogP contribution in [0.2, 0.25) is 0 Å². The molecular formula is C22H22N2O. The van der Waals surface area contributed by atoms with Crippen molar-refractivity contribution in [3.05, 3.63) is 96.1 Å². The van der Waals surface area contributed by atoms with Crippen LogP contribution in [0.5, 0.6) is 5.75 Å². The van der Waals surface area contributed by atoms with Crippen molar-refractivity contribution in [2.75, 3.05) is 18.8 Å². The molecule has 2 N–H and O–H groups in total. The van der Waals surface area contributed by atoms with E-state index in [0.29, 0.717) is 0 Å². The van der Waals surface area contributed by atoms with E-state index in [0.717, 1.165) is 24.5 Å². The Kier molecular flexibility index (Phi) is 4.40. The van der Waals surface area contributed by atoms with Crippen LogP contribution in [0.4, 0.5) is 5.69 Å². The molecule has 0 saturated carbocycles. The minimum atomic E-state index is 0.221. The fourth-order valence-corrected chi connectivity index (χ4v) is 3.38. The normalized spacial score (nSPS) is 15.1. The summed E-state index contributed by atoms with van der Waals surface area (Å²) in [6.45, 7) is 1.83. The van der Waals surface area contributed by atoms with Gasteiger partial charge in [0.1, 0.15) is 11.9 Å². The number of nitrogens with zero attached hydrogens (tertiary/aromatic N) is 1. The molecule has 1 heterocycles. The molecule has 0 radical (unpaired) electrons. The first-order valence-electron chi connectivity index (χ1n) is 8.66. The van der Waals surface area contributed by atoms with Gasteiger partial charge in [0.25, 0.3) is 0 Å². The van der Waals surface area contributed by atoms with E-state index in [1.54, 1.807) is 0 Å². The van der Waals surface area contributed by atoms with Crippen LogP contribution in [-0.2, 0) is 0 Å². The van der Waals surface area contributed by atoms with Gasteiger partial charge in [0.2, 0.25) is 0 Å². The van der Waals surface area contributed by atoms with Gasteiger partial charge in [-0.25, -0.2) is 0 Å². The third kappa shape index (κ3) is 3.52. The van der Waals surface area contributed by atoms with Crippen molar-refractivity contribution in [2.45, 2.75) is 12.1 Å². The van der Waals surface area contributed by atoms with Gasteiger partial charge in [0.15, 0.2) is 0 Å². The molecule has 1 aliphatic heterocycles. The average Bonchev–Trinajstić information content (AvgIpc) is 2.63. The molecule has 0 bridgehead atoms. The summed E-state index contributed by atoms with van der Waals surface area (Å²) in [6.07, 6.45) is 0.221. The van der Waals surface area contributed by atoms with Crippen molar-refractivity contribution in [3.63, 3.8) is 0 Å². The number of hydrogen-bond donors (Lipinski definition) is 1. The Bertz CT molecular complexity index is 757. The van der Waals surface area contributed by atoms with Gasteiger partial charge < -0.3 is 10.5 Å². The molecule has 0 atom stereocenters. The molecule has 0 aromatic heterocycles. The van der Waals surface area contributed by atoms with E-state index >= 15 is 0 Å². The first-order chi connectivity index (χ1) is 12.3. The summed E-state index contributed by atoms with van der Waals surface area (Å²) < 4.78 is 6.06. The largest absolute Gasteiger partial charge is 0.488 e. The number of hydrogen-bond acceptors (Lipinski definition) is 3. The molecule has 25 heavy (non-hydrogen) atoms. The first-order valence-corrected chi connectivity index (χ1v) is 8.66. The lowest BCUT2D eigenvalue weighted by Crippen LogP contribution is -2.55. The van der Waals surface area contributed by atoms with E-state index in [4.69, 9.17) is 10.5 Å². The average molecular weight is 330 g/mol. The molecule has 3 aromatic rings. The van der Waals surface area contributed by atoms with Crippen molar-refractivity contribution >= 4 is 5.69 Å². The Hall–Kier alpha value is -2.78. The predicted molar refractivity (Wildman–Crippen MR) is 102 cm³/mol. The highest BCUT2D eigenvalue weighted by Crippen LogP contribution is 2.33. The lowest BCUT2D eigenvalue weighted by atomic mass is 9.94. The van der Waals surface area contributed by atoms with Gasteiger partial charge in [-0.05, 0) is 35.4 Å². The number of rotatable bonds is 5. The van der Waals surface area contributed by atoms with Crippen LogP contribution in [0, 0.1) is 0 Å². The molecule has 1 saturated heterocycles. The van der Waals surface area contributed by atoms with Crippen LogP contribution in [0.25, 0.3) is 0 Å². The number of likely N-dealkylation sites (tertiary alicyclic amines) is 1. The topological polar surface area (TPSA) is 38.5 Å². The second kappa shape index (κ2) is 6.99. The highest BCUT2D eigenvalue weighted by atomic mass is 16.5. The third-order valence-corrected chi connectivity index (χ3v) is 4.65. The van der Waals surface area contributed by atoms with Gasteiger partial charge in [-0.3, -0.25) is 4.90 Å². The van der Waals surface area contributed by atoms with E-state index in [9.17, 15) is 0 Å². The van der Waals surface area contributed by atoms with Crippen LogP contribution >= 0.6 is 0 Å². The summed E-state index contributed by atoms with van der Waals surface area (Å²) in [4.78, 5) is 2.46. The van der Waals surface area contributed by atoms with Gasteiger partial charge in [-0.2, -0.15) is 0 Å². The third-order valence-electron chi connectivity index (χ3n) is 4.65. The number of ether oxygens (including phenoxy) is 1. The van der Waals surface area contributed by atoms with Crippen LogP contribution in [0.3, 0.4) is 0 Å². The van der Waals surface area contributed by atoms with E-state index in [-0.39, 0.29) is 12.1 Å². The summed E-state index contributed by atoms with van der Waals surface area (Å²) in [6, 6.07) is 29.2. The monoisotopic (exact) mass is 330 g/mol.